The van der Waals surface area contributed by atoms with Gasteiger partial charge in [0.25, 0.3) is 0 Å². The first-order chi connectivity index (χ1) is 12.9. The number of rotatable bonds is 7. The molecule has 0 aromatic heterocycles. The molecule has 2 N–H and O–H groups in total. The van der Waals surface area contributed by atoms with Crippen molar-refractivity contribution in [3.05, 3.63) is 59.4 Å². The van der Waals surface area contributed by atoms with Crippen molar-refractivity contribution < 1.29 is 13.9 Å². The number of halogens is 1. The van der Waals surface area contributed by atoms with E-state index in [1.54, 1.807) is 21.3 Å². The van der Waals surface area contributed by atoms with Gasteiger partial charge in [-0.25, -0.2) is 4.39 Å². The molecule has 0 saturated heterocycles. The summed E-state index contributed by atoms with van der Waals surface area (Å²) in [5.41, 5.74) is 1.94. The molecule has 0 spiro atoms. The number of benzene rings is 2. The number of aliphatic imine (C=N–C) groups is 1. The largest absolute Gasteiger partial charge is 0.493 e. The molecule has 0 fully saturated rings. The molecule has 6 heteroatoms. The van der Waals surface area contributed by atoms with E-state index >= 15 is 0 Å². The minimum atomic E-state index is -0.227. The topological polar surface area (TPSA) is 54.9 Å². The van der Waals surface area contributed by atoms with E-state index in [1.807, 2.05) is 30.3 Å². The van der Waals surface area contributed by atoms with Gasteiger partial charge in [-0.1, -0.05) is 32.0 Å². The van der Waals surface area contributed by atoms with Crippen molar-refractivity contribution in [1.82, 2.24) is 10.6 Å². The lowest BCUT2D eigenvalue weighted by Gasteiger charge is -2.27. The number of ether oxygens (including phenoxy) is 2. The molecule has 0 aliphatic carbocycles. The standard InChI is InChI=1S/C21H28FN3O2/c1-21(2,16-7-9-17(22)10-8-16)14-25-20(23-3)24-13-15-6-11-18(26-4)19(12-15)27-5/h6-12H,13-14H2,1-5H3,(H2,23,24,25). The Balaban J connectivity index is 1.95. The summed E-state index contributed by atoms with van der Waals surface area (Å²) in [6.45, 7) is 5.46. The molecule has 0 bridgehead atoms. The van der Waals surface area contributed by atoms with Crippen LogP contribution >= 0.6 is 0 Å². The van der Waals surface area contributed by atoms with Gasteiger partial charge >= 0.3 is 0 Å². The van der Waals surface area contributed by atoms with Crippen LogP contribution in [-0.2, 0) is 12.0 Å². The third-order valence-electron chi connectivity index (χ3n) is 4.45. The maximum atomic E-state index is 13.1. The molecule has 2 rings (SSSR count). The second-order valence-corrected chi connectivity index (χ2v) is 6.86. The molecule has 27 heavy (non-hydrogen) atoms. The molecule has 0 aliphatic heterocycles. The number of hydrogen-bond donors (Lipinski definition) is 2. The summed E-state index contributed by atoms with van der Waals surface area (Å²) in [5.74, 6) is 1.86. The molecule has 0 radical (unpaired) electrons. The average molecular weight is 373 g/mol. The van der Waals surface area contributed by atoms with Crippen molar-refractivity contribution in [2.75, 3.05) is 27.8 Å². The molecule has 0 atom stereocenters. The molecule has 5 nitrogen and oxygen atoms in total. The Bertz CT molecular complexity index is 773. The summed E-state index contributed by atoms with van der Waals surface area (Å²) >= 11 is 0. The Morgan fingerprint density at radius 2 is 1.67 bits per heavy atom. The van der Waals surface area contributed by atoms with Gasteiger partial charge in [0.2, 0.25) is 0 Å². The van der Waals surface area contributed by atoms with E-state index < -0.39 is 0 Å². The second kappa shape index (κ2) is 9.26. The Morgan fingerprint density at radius 3 is 2.26 bits per heavy atom. The molecule has 0 saturated carbocycles. The molecule has 0 amide bonds. The maximum absolute atomic E-state index is 13.1. The minimum absolute atomic E-state index is 0.172. The molecule has 0 aliphatic rings. The van der Waals surface area contributed by atoms with E-state index in [2.05, 4.69) is 29.5 Å². The Hall–Kier alpha value is -2.76. The monoisotopic (exact) mass is 373 g/mol. The highest BCUT2D eigenvalue weighted by molar-refractivity contribution is 5.79. The summed E-state index contributed by atoms with van der Waals surface area (Å²) in [7, 11) is 4.96. The highest BCUT2D eigenvalue weighted by Gasteiger charge is 2.21. The maximum Gasteiger partial charge on any atom is 0.191 e. The highest BCUT2D eigenvalue weighted by Crippen LogP contribution is 2.27. The van der Waals surface area contributed by atoms with Crippen molar-refractivity contribution in [2.24, 2.45) is 4.99 Å². The molecule has 2 aromatic carbocycles. The van der Waals surface area contributed by atoms with Gasteiger partial charge in [0.1, 0.15) is 5.82 Å². The Labute approximate surface area is 160 Å². The van der Waals surface area contributed by atoms with Crippen LogP contribution in [0.25, 0.3) is 0 Å². The average Bonchev–Trinajstić information content (AvgIpc) is 2.68. The van der Waals surface area contributed by atoms with Crippen LogP contribution in [0.5, 0.6) is 11.5 Å². The molecular weight excluding hydrogens is 345 g/mol. The van der Waals surface area contributed by atoms with Gasteiger partial charge in [0.05, 0.1) is 14.2 Å². The smallest absolute Gasteiger partial charge is 0.191 e. The van der Waals surface area contributed by atoms with Crippen molar-refractivity contribution in [2.45, 2.75) is 25.8 Å². The van der Waals surface area contributed by atoms with E-state index in [0.717, 1.165) is 11.1 Å². The van der Waals surface area contributed by atoms with Crippen LogP contribution in [0, 0.1) is 5.82 Å². The second-order valence-electron chi connectivity index (χ2n) is 6.86. The van der Waals surface area contributed by atoms with Gasteiger partial charge in [0.15, 0.2) is 17.5 Å². The first-order valence-corrected chi connectivity index (χ1v) is 8.81. The third-order valence-corrected chi connectivity index (χ3v) is 4.45. The summed E-state index contributed by atoms with van der Waals surface area (Å²) < 4.78 is 23.7. The zero-order valence-electron chi connectivity index (χ0n) is 16.6. The van der Waals surface area contributed by atoms with Gasteiger partial charge in [0, 0.05) is 25.6 Å². The van der Waals surface area contributed by atoms with E-state index in [-0.39, 0.29) is 11.2 Å². The number of methoxy groups -OCH3 is 2. The van der Waals surface area contributed by atoms with E-state index in [4.69, 9.17) is 9.47 Å². The van der Waals surface area contributed by atoms with Crippen LogP contribution in [0.3, 0.4) is 0 Å². The van der Waals surface area contributed by atoms with Gasteiger partial charge in [-0.3, -0.25) is 4.99 Å². The summed E-state index contributed by atoms with van der Waals surface area (Å²) in [4.78, 5) is 4.27. The van der Waals surface area contributed by atoms with Crippen LogP contribution in [0.1, 0.15) is 25.0 Å². The number of hydrogen-bond acceptors (Lipinski definition) is 3. The zero-order chi connectivity index (χ0) is 19.9. The lowest BCUT2D eigenvalue weighted by molar-refractivity contribution is 0.354. The van der Waals surface area contributed by atoms with Crippen molar-refractivity contribution >= 4 is 5.96 Å². The third kappa shape index (κ3) is 5.61. The minimum Gasteiger partial charge on any atom is -0.493 e. The van der Waals surface area contributed by atoms with Crippen LogP contribution in [0.4, 0.5) is 4.39 Å². The van der Waals surface area contributed by atoms with E-state index in [0.29, 0.717) is 30.5 Å². The first-order valence-electron chi connectivity index (χ1n) is 8.81. The molecular formula is C21H28FN3O2. The molecule has 0 heterocycles. The van der Waals surface area contributed by atoms with E-state index in [1.165, 1.54) is 12.1 Å². The lowest BCUT2D eigenvalue weighted by Crippen LogP contribution is -2.43. The summed E-state index contributed by atoms with van der Waals surface area (Å²) in [5, 5.41) is 6.62. The van der Waals surface area contributed by atoms with Crippen molar-refractivity contribution in [1.29, 1.82) is 0 Å². The van der Waals surface area contributed by atoms with Crippen LogP contribution in [-0.4, -0.2) is 33.8 Å². The lowest BCUT2D eigenvalue weighted by atomic mass is 9.84. The van der Waals surface area contributed by atoms with Crippen molar-refractivity contribution in [3.8, 4) is 11.5 Å². The van der Waals surface area contributed by atoms with Gasteiger partial charge in [-0.05, 0) is 35.4 Å². The first kappa shape index (κ1) is 20.6. The number of nitrogens with zero attached hydrogens (tertiary/aromatic N) is 1. The Morgan fingerprint density at radius 1 is 1.00 bits per heavy atom. The summed E-state index contributed by atoms with van der Waals surface area (Å²) in [6, 6.07) is 12.4. The number of nitrogens with one attached hydrogen (secondary N) is 2. The van der Waals surface area contributed by atoms with Gasteiger partial charge in [-0.15, -0.1) is 0 Å². The number of guanidine groups is 1. The highest BCUT2D eigenvalue weighted by atomic mass is 19.1. The summed E-state index contributed by atoms with van der Waals surface area (Å²) in [6.07, 6.45) is 0. The van der Waals surface area contributed by atoms with Gasteiger partial charge in [-0.2, -0.15) is 0 Å². The van der Waals surface area contributed by atoms with Crippen LogP contribution in [0.2, 0.25) is 0 Å². The predicted octanol–water partition coefficient (Wildman–Crippen LogP) is 3.49. The fraction of sp³-hybridized carbons (Fsp3) is 0.381. The Kier molecular flexibility index (Phi) is 7.05. The SMILES string of the molecule is CN=C(NCc1ccc(OC)c(OC)c1)NCC(C)(C)c1ccc(F)cc1. The molecule has 0 unspecified atom stereocenters. The fourth-order valence-corrected chi connectivity index (χ4v) is 2.70. The predicted molar refractivity (Wildman–Crippen MR) is 107 cm³/mol. The fourth-order valence-electron chi connectivity index (χ4n) is 2.70. The molecule has 146 valence electrons. The van der Waals surface area contributed by atoms with E-state index in [9.17, 15) is 4.39 Å². The van der Waals surface area contributed by atoms with Gasteiger partial charge < -0.3 is 20.1 Å². The molecule has 2 aromatic rings. The zero-order valence-corrected chi connectivity index (χ0v) is 16.6. The quantitative estimate of drug-likeness (QED) is 0.576. The normalized spacial score (nSPS) is 11.9. The van der Waals surface area contributed by atoms with Crippen LogP contribution in [0.15, 0.2) is 47.5 Å². The van der Waals surface area contributed by atoms with Crippen molar-refractivity contribution in [3.63, 3.8) is 0 Å². The van der Waals surface area contributed by atoms with Crippen LogP contribution < -0.4 is 20.1 Å².